The smallest absolute Gasteiger partial charge is 0.227 e. The molecule has 140 valence electrons. The summed E-state index contributed by atoms with van der Waals surface area (Å²) >= 11 is 1.55. The molecule has 2 aromatic heterocycles. The van der Waals surface area contributed by atoms with Gasteiger partial charge < -0.3 is 19.3 Å². The summed E-state index contributed by atoms with van der Waals surface area (Å²) in [5.74, 6) is 2.40. The number of rotatable bonds is 6. The number of nitrogens with one attached hydrogen (secondary N) is 1. The molecule has 7 nitrogen and oxygen atoms in total. The van der Waals surface area contributed by atoms with E-state index in [1.807, 2.05) is 42.6 Å². The van der Waals surface area contributed by atoms with Crippen LogP contribution < -0.4 is 14.8 Å². The van der Waals surface area contributed by atoms with Crippen LogP contribution in [-0.4, -0.2) is 29.3 Å². The fourth-order valence-corrected chi connectivity index (χ4v) is 3.46. The lowest BCUT2D eigenvalue weighted by Crippen LogP contribution is -2.27. The summed E-state index contributed by atoms with van der Waals surface area (Å²) in [6.07, 6.45) is 0.680. The summed E-state index contributed by atoms with van der Waals surface area (Å²) in [5, 5.41) is 8.89. The average molecular weight is 385 g/mol. The number of carbonyl (C=O) groups excluding carboxylic acids is 1. The van der Waals surface area contributed by atoms with E-state index < -0.39 is 0 Å². The van der Waals surface area contributed by atoms with E-state index in [-0.39, 0.29) is 18.4 Å². The summed E-state index contributed by atoms with van der Waals surface area (Å²) in [6.45, 7) is 3.03. The molecular weight excluding hydrogens is 366 g/mol. The Bertz CT molecular complexity index is 923. The second-order valence-electron chi connectivity index (χ2n) is 6.18. The molecule has 0 saturated heterocycles. The van der Waals surface area contributed by atoms with E-state index in [1.54, 1.807) is 11.3 Å². The van der Waals surface area contributed by atoms with Gasteiger partial charge in [-0.25, -0.2) is 0 Å². The van der Waals surface area contributed by atoms with Gasteiger partial charge in [-0.05, 0) is 36.1 Å². The summed E-state index contributed by atoms with van der Waals surface area (Å²) < 4.78 is 16.3. The number of fused-ring (bicyclic) bond motifs is 1. The van der Waals surface area contributed by atoms with Crippen molar-refractivity contribution >= 4 is 17.2 Å². The number of amides is 1. The highest BCUT2D eigenvalue weighted by atomic mass is 32.1. The Labute approximate surface area is 160 Å². The summed E-state index contributed by atoms with van der Waals surface area (Å²) in [7, 11) is 0. The Morgan fingerprint density at radius 1 is 1.26 bits per heavy atom. The van der Waals surface area contributed by atoms with Gasteiger partial charge in [-0.15, -0.1) is 11.3 Å². The molecule has 8 heteroatoms. The van der Waals surface area contributed by atoms with Crippen molar-refractivity contribution in [3.05, 3.63) is 47.2 Å². The molecule has 0 radical (unpaired) electrons. The minimum Gasteiger partial charge on any atom is -0.486 e. The maximum absolute atomic E-state index is 12.3. The van der Waals surface area contributed by atoms with E-state index in [2.05, 4.69) is 15.5 Å². The molecule has 1 amide bonds. The number of hydrogen-bond acceptors (Lipinski definition) is 7. The molecule has 1 aliphatic heterocycles. The first-order chi connectivity index (χ1) is 13.2. The van der Waals surface area contributed by atoms with Crippen LogP contribution in [0.2, 0.25) is 0 Å². The number of benzene rings is 1. The fourth-order valence-electron chi connectivity index (χ4n) is 2.81. The van der Waals surface area contributed by atoms with E-state index in [0.29, 0.717) is 37.1 Å². The maximum Gasteiger partial charge on any atom is 0.227 e. The Morgan fingerprint density at radius 2 is 2.11 bits per heavy atom. The van der Waals surface area contributed by atoms with Crippen molar-refractivity contribution in [3.8, 4) is 22.2 Å². The number of carbonyl (C=O) groups is 1. The monoisotopic (exact) mass is 385 g/mol. The molecule has 1 aromatic carbocycles. The highest BCUT2D eigenvalue weighted by Crippen LogP contribution is 2.32. The van der Waals surface area contributed by atoms with Crippen molar-refractivity contribution in [2.45, 2.75) is 25.8 Å². The van der Waals surface area contributed by atoms with Gasteiger partial charge in [0.25, 0.3) is 0 Å². The van der Waals surface area contributed by atoms with Crippen LogP contribution in [0.15, 0.2) is 40.2 Å². The van der Waals surface area contributed by atoms with Crippen molar-refractivity contribution in [3.63, 3.8) is 0 Å². The van der Waals surface area contributed by atoms with Gasteiger partial charge in [-0.2, -0.15) is 4.98 Å². The van der Waals surface area contributed by atoms with Crippen LogP contribution in [0, 0.1) is 0 Å². The molecule has 0 fully saturated rings. The third kappa shape index (κ3) is 4.11. The third-order valence-corrected chi connectivity index (χ3v) is 5.09. The molecule has 3 heterocycles. The molecular formula is C19H19N3O4S. The fraction of sp³-hybridized carbons (Fsp3) is 0.316. The predicted molar refractivity (Wildman–Crippen MR) is 99.9 cm³/mol. The highest BCUT2D eigenvalue weighted by Gasteiger charge is 2.17. The summed E-state index contributed by atoms with van der Waals surface area (Å²) in [5.41, 5.74) is 0.963. The van der Waals surface area contributed by atoms with Crippen LogP contribution >= 0.6 is 11.3 Å². The van der Waals surface area contributed by atoms with E-state index in [0.717, 1.165) is 16.2 Å². The number of ether oxygens (including phenoxy) is 2. The number of thiophene rings is 1. The van der Waals surface area contributed by atoms with Crippen LogP contribution in [0.3, 0.4) is 0 Å². The second-order valence-corrected chi connectivity index (χ2v) is 7.13. The van der Waals surface area contributed by atoms with Crippen molar-refractivity contribution < 1.29 is 18.8 Å². The predicted octanol–water partition coefficient (Wildman–Crippen LogP) is 3.38. The molecule has 1 unspecified atom stereocenters. The minimum absolute atomic E-state index is 0.0757. The van der Waals surface area contributed by atoms with Crippen molar-refractivity contribution in [2.75, 3.05) is 13.2 Å². The van der Waals surface area contributed by atoms with Crippen LogP contribution in [0.1, 0.15) is 30.8 Å². The topological polar surface area (TPSA) is 86.5 Å². The Kier molecular flexibility index (Phi) is 5.06. The lowest BCUT2D eigenvalue weighted by molar-refractivity contribution is -0.121. The Hall–Kier alpha value is -2.87. The van der Waals surface area contributed by atoms with Gasteiger partial charge in [0.1, 0.15) is 13.2 Å². The molecule has 27 heavy (non-hydrogen) atoms. The van der Waals surface area contributed by atoms with Crippen LogP contribution in [0.25, 0.3) is 10.7 Å². The molecule has 0 saturated carbocycles. The molecule has 4 rings (SSSR count). The Balaban J connectivity index is 1.31. The van der Waals surface area contributed by atoms with Crippen molar-refractivity contribution in [1.82, 2.24) is 15.5 Å². The number of aryl methyl sites for hydroxylation is 1. The van der Waals surface area contributed by atoms with E-state index in [1.165, 1.54) is 0 Å². The molecule has 1 atom stereocenters. The number of hydrogen-bond donors (Lipinski definition) is 1. The van der Waals surface area contributed by atoms with Crippen LogP contribution in [0.4, 0.5) is 0 Å². The SMILES string of the molecule is CC(NC(=O)CCc1nc(-c2cccs2)no1)c1ccc2c(c1)OCCO2. The number of nitrogens with zero attached hydrogens (tertiary/aromatic N) is 2. The first-order valence-corrected chi connectivity index (χ1v) is 9.62. The normalized spacial score (nSPS) is 14.0. The molecule has 0 spiro atoms. The maximum atomic E-state index is 12.3. The molecule has 1 aliphatic rings. The van der Waals surface area contributed by atoms with E-state index >= 15 is 0 Å². The van der Waals surface area contributed by atoms with Crippen LogP contribution in [0.5, 0.6) is 11.5 Å². The van der Waals surface area contributed by atoms with Gasteiger partial charge in [0.05, 0.1) is 10.9 Å². The van der Waals surface area contributed by atoms with Gasteiger partial charge in [0.2, 0.25) is 17.6 Å². The van der Waals surface area contributed by atoms with Crippen molar-refractivity contribution in [1.29, 1.82) is 0 Å². The first kappa shape index (κ1) is 17.5. The largest absolute Gasteiger partial charge is 0.486 e. The molecule has 1 N–H and O–H groups in total. The highest BCUT2D eigenvalue weighted by molar-refractivity contribution is 7.13. The zero-order chi connectivity index (χ0) is 18.6. The number of aromatic nitrogens is 2. The zero-order valence-electron chi connectivity index (χ0n) is 14.8. The molecule has 3 aromatic rings. The Morgan fingerprint density at radius 3 is 2.93 bits per heavy atom. The van der Waals surface area contributed by atoms with Crippen molar-refractivity contribution in [2.24, 2.45) is 0 Å². The molecule has 0 bridgehead atoms. The minimum atomic E-state index is -0.141. The quantitative estimate of drug-likeness (QED) is 0.700. The van der Waals surface area contributed by atoms with Gasteiger partial charge >= 0.3 is 0 Å². The van der Waals surface area contributed by atoms with E-state index in [4.69, 9.17) is 14.0 Å². The lowest BCUT2D eigenvalue weighted by Gasteiger charge is -2.21. The second kappa shape index (κ2) is 7.79. The standard InChI is InChI=1S/C19H19N3O4S/c1-12(13-4-5-14-15(11-13)25-9-8-24-14)20-17(23)6-7-18-21-19(22-26-18)16-3-2-10-27-16/h2-5,10-12H,6-9H2,1H3,(H,20,23). The summed E-state index contributed by atoms with van der Waals surface area (Å²) in [6, 6.07) is 9.44. The zero-order valence-corrected chi connectivity index (χ0v) is 15.6. The molecule has 0 aliphatic carbocycles. The first-order valence-electron chi connectivity index (χ1n) is 8.74. The summed E-state index contributed by atoms with van der Waals surface area (Å²) in [4.78, 5) is 17.5. The lowest BCUT2D eigenvalue weighted by atomic mass is 10.1. The van der Waals surface area contributed by atoms with Gasteiger partial charge in [0, 0.05) is 12.8 Å². The van der Waals surface area contributed by atoms with Crippen LogP contribution in [-0.2, 0) is 11.2 Å². The van der Waals surface area contributed by atoms with Gasteiger partial charge in [0.15, 0.2) is 11.5 Å². The van der Waals surface area contributed by atoms with E-state index in [9.17, 15) is 4.79 Å². The van der Waals surface area contributed by atoms with Gasteiger partial charge in [-0.1, -0.05) is 17.3 Å². The average Bonchev–Trinajstić information content (AvgIpc) is 3.37. The van der Waals surface area contributed by atoms with Gasteiger partial charge in [-0.3, -0.25) is 4.79 Å². The third-order valence-electron chi connectivity index (χ3n) is 4.22.